The van der Waals surface area contributed by atoms with Crippen LogP contribution in [0.2, 0.25) is 0 Å². The second-order valence-electron chi connectivity index (χ2n) is 11.4. The number of rotatable bonds is 7. The molecule has 1 aliphatic rings. The van der Waals surface area contributed by atoms with Crippen LogP contribution in [0.1, 0.15) is 65.9 Å². The predicted molar refractivity (Wildman–Crippen MR) is 145 cm³/mol. The molecule has 3 N–H and O–H groups in total. The van der Waals surface area contributed by atoms with Crippen LogP contribution in [0.3, 0.4) is 0 Å². The van der Waals surface area contributed by atoms with Crippen LogP contribution in [0.25, 0.3) is 21.9 Å². The van der Waals surface area contributed by atoms with Crippen molar-refractivity contribution in [3.8, 4) is 22.6 Å². The molecular formula is C31H41NO3. The van der Waals surface area contributed by atoms with E-state index in [-0.39, 0.29) is 12.7 Å². The van der Waals surface area contributed by atoms with Gasteiger partial charge in [-0.05, 0) is 97.0 Å². The summed E-state index contributed by atoms with van der Waals surface area (Å²) in [5.41, 5.74) is 9.01. The zero-order valence-corrected chi connectivity index (χ0v) is 21.9. The number of ether oxygens (including phenoxy) is 2. The summed E-state index contributed by atoms with van der Waals surface area (Å²) in [6, 6.07) is 18.7. The van der Waals surface area contributed by atoms with E-state index in [9.17, 15) is 5.11 Å². The van der Waals surface area contributed by atoms with Crippen LogP contribution in [-0.2, 0) is 5.54 Å². The molecular weight excluding hydrogens is 434 g/mol. The van der Waals surface area contributed by atoms with Crippen LogP contribution in [0.5, 0.6) is 11.5 Å². The standard InChI is InChI=1S/C31H41NO3/c1-6-34-25-13-7-21(8-14-25)29-27-17-12-24(31(5,32)20-33)19-22(27)9-18-28(29)35-26-15-10-23(11-16-26)30(2,3)4/h7-9,12-14,17-19,23,26,33H,6,10-11,15-16,20,32H2,1-5H3/t23-,26-,31-/m0/s1. The molecule has 0 spiro atoms. The van der Waals surface area contributed by atoms with E-state index in [1.165, 1.54) is 12.8 Å². The minimum atomic E-state index is -0.783. The van der Waals surface area contributed by atoms with Crippen molar-refractivity contribution in [2.45, 2.75) is 71.9 Å². The second-order valence-corrected chi connectivity index (χ2v) is 11.4. The topological polar surface area (TPSA) is 64.7 Å². The maximum absolute atomic E-state index is 9.76. The molecule has 0 saturated heterocycles. The monoisotopic (exact) mass is 475 g/mol. The van der Waals surface area contributed by atoms with Gasteiger partial charge in [0, 0.05) is 5.56 Å². The van der Waals surface area contributed by atoms with Gasteiger partial charge in [-0.15, -0.1) is 0 Å². The summed E-state index contributed by atoms with van der Waals surface area (Å²) in [6.07, 6.45) is 4.82. The van der Waals surface area contributed by atoms with Crippen LogP contribution in [0.15, 0.2) is 54.6 Å². The van der Waals surface area contributed by atoms with Crippen molar-refractivity contribution in [1.29, 1.82) is 0 Å². The summed E-state index contributed by atoms with van der Waals surface area (Å²) in [5.74, 6) is 2.54. The largest absolute Gasteiger partial charge is 0.494 e. The van der Waals surface area contributed by atoms with E-state index in [1.54, 1.807) is 0 Å². The Labute approximate surface area is 210 Å². The van der Waals surface area contributed by atoms with Crippen LogP contribution >= 0.6 is 0 Å². The molecule has 0 radical (unpaired) electrons. The Morgan fingerprint density at radius 3 is 2.20 bits per heavy atom. The van der Waals surface area contributed by atoms with E-state index in [4.69, 9.17) is 15.2 Å². The molecule has 4 nitrogen and oxygen atoms in total. The van der Waals surface area contributed by atoms with Crippen molar-refractivity contribution in [3.05, 3.63) is 60.2 Å². The highest BCUT2D eigenvalue weighted by molar-refractivity contribution is 6.00. The Morgan fingerprint density at radius 1 is 0.914 bits per heavy atom. The Morgan fingerprint density at radius 2 is 1.60 bits per heavy atom. The Kier molecular flexibility index (Phi) is 7.44. The molecule has 0 aliphatic heterocycles. The molecule has 0 heterocycles. The van der Waals surface area contributed by atoms with Crippen molar-refractivity contribution in [3.63, 3.8) is 0 Å². The highest BCUT2D eigenvalue weighted by atomic mass is 16.5. The third-order valence-electron chi connectivity index (χ3n) is 7.62. The van der Waals surface area contributed by atoms with E-state index in [0.29, 0.717) is 12.0 Å². The van der Waals surface area contributed by atoms with Crippen LogP contribution in [-0.4, -0.2) is 24.4 Å². The molecule has 0 unspecified atom stereocenters. The van der Waals surface area contributed by atoms with E-state index in [0.717, 1.165) is 57.7 Å². The molecule has 3 aromatic rings. The van der Waals surface area contributed by atoms with Crippen molar-refractivity contribution < 1.29 is 14.6 Å². The molecule has 188 valence electrons. The number of aliphatic hydroxyl groups is 1. The van der Waals surface area contributed by atoms with Gasteiger partial charge in [0.1, 0.15) is 11.5 Å². The molecule has 0 bridgehead atoms. The zero-order chi connectivity index (χ0) is 25.2. The molecule has 35 heavy (non-hydrogen) atoms. The smallest absolute Gasteiger partial charge is 0.128 e. The third kappa shape index (κ3) is 5.65. The maximum atomic E-state index is 9.76. The van der Waals surface area contributed by atoms with Crippen molar-refractivity contribution in [2.75, 3.05) is 13.2 Å². The fourth-order valence-electron chi connectivity index (χ4n) is 5.26. The first-order chi connectivity index (χ1) is 16.6. The van der Waals surface area contributed by atoms with E-state index >= 15 is 0 Å². The second kappa shape index (κ2) is 10.2. The molecule has 1 saturated carbocycles. The van der Waals surface area contributed by atoms with Crippen molar-refractivity contribution in [2.24, 2.45) is 17.1 Å². The number of aliphatic hydroxyl groups excluding tert-OH is 1. The molecule has 0 amide bonds. The molecule has 0 aromatic heterocycles. The van der Waals surface area contributed by atoms with Gasteiger partial charge < -0.3 is 20.3 Å². The zero-order valence-electron chi connectivity index (χ0n) is 21.9. The van der Waals surface area contributed by atoms with Gasteiger partial charge in [-0.1, -0.05) is 51.1 Å². The number of hydrogen-bond acceptors (Lipinski definition) is 4. The molecule has 4 heteroatoms. The van der Waals surface area contributed by atoms with Gasteiger partial charge in [-0.3, -0.25) is 0 Å². The molecule has 1 fully saturated rings. The predicted octanol–water partition coefficient (Wildman–Crippen LogP) is 7.06. The van der Waals surface area contributed by atoms with Gasteiger partial charge in [0.2, 0.25) is 0 Å². The first-order valence-corrected chi connectivity index (χ1v) is 13.0. The molecule has 3 aromatic carbocycles. The fraction of sp³-hybridized carbons (Fsp3) is 0.484. The number of benzene rings is 3. The summed E-state index contributed by atoms with van der Waals surface area (Å²) in [6.45, 7) is 11.4. The van der Waals surface area contributed by atoms with Gasteiger partial charge in [-0.2, -0.15) is 0 Å². The molecule has 1 aliphatic carbocycles. The van der Waals surface area contributed by atoms with E-state index in [1.807, 2.05) is 32.0 Å². The Balaban J connectivity index is 1.72. The normalized spacial score (nSPS) is 20.4. The third-order valence-corrected chi connectivity index (χ3v) is 7.62. The highest BCUT2D eigenvalue weighted by Gasteiger charge is 2.31. The van der Waals surface area contributed by atoms with Crippen molar-refractivity contribution >= 4 is 10.8 Å². The van der Waals surface area contributed by atoms with Crippen molar-refractivity contribution in [1.82, 2.24) is 0 Å². The van der Waals surface area contributed by atoms with Gasteiger partial charge in [-0.25, -0.2) is 0 Å². The lowest BCUT2D eigenvalue weighted by molar-refractivity contribution is 0.0887. The summed E-state index contributed by atoms with van der Waals surface area (Å²) in [5, 5.41) is 12.0. The van der Waals surface area contributed by atoms with Gasteiger partial charge in [0.25, 0.3) is 0 Å². The Bertz CT molecular complexity index is 1140. The number of hydrogen-bond donors (Lipinski definition) is 2. The van der Waals surface area contributed by atoms with E-state index in [2.05, 4.69) is 57.2 Å². The average molecular weight is 476 g/mol. The quantitative estimate of drug-likeness (QED) is 0.384. The van der Waals surface area contributed by atoms with E-state index < -0.39 is 5.54 Å². The van der Waals surface area contributed by atoms with Gasteiger partial charge in [0.15, 0.2) is 0 Å². The van der Waals surface area contributed by atoms with Gasteiger partial charge in [0.05, 0.1) is 24.9 Å². The van der Waals surface area contributed by atoms with Crippen LogP contribution in [0.4, 0.5) is 0 Å². The number of nitrogens with two attached hydrogens (primary N) is 1. The van der Waals surface area contributed by atoms with Gasteiger partial charge >= 0.3 is 0 Å². The van der Waals surface area contributed by atoms with Crippen LogP contribution in [0, 0.1) is 11.3 Å². The molecule has 4 rings (SSSR count). The SMILES string of the molecule is CCOc1ccc(-c2c(O[C@H]3CC[C@H](C(C)(C)C)CC3)ccc3cc([C@@](C)(N)CO)ccc23)cc1. The highest BCUT2D eigenvalue weighted by Crippen LogP contribution is 2.42. The summed E-state index contributed by atoms with van der Waals surface area (Å²) >= 11 is 0. The minimum Gasteiger partial charge on any atom is -0.494 e. The number of fused-ring (bicyclic) bond motifs is 1. The lowest BCUT2D eigenvalue weighted by Gasteiger charge is -2.37. The average Bonchev–Trinajstić information content (AvgIpc) is 2.84. The minimum absolute atomic E-state index is 0.108. The first-order valence-electron chi connectivity index (χ1n) is 13.0. The maximum Gasteiger partial charge on any atom is 0.128 e. The molecule has 1 atom stereocenters. The first kappa shape index (κ1) is 25.5. The summed E-state index contributed by atoms with van der Waals surface area (Å²) < 4.78 is 12.4. The summed E-state index contributed by atoms with van der Waals surface area (Å²) in [4.78, 5) is 0. The fourth-order valence-corrected chi connectivity index (χ4v) is 5.26. The lowest BCUT2D eigenvalue weighted by atomic mass is 9.72. The summed E-state index contributed by atoms with van der Waals surface area (Å²) in [7, 11) is 0. The van der Waals surface area contributed by atoms with Crippen LogP contribution < -0.4 is 15.2 Å². The lowest BCUT2D eigenvalue weighted by Crippen LogP contribution is -2.36. The Hall–Kier alpha value is -2.56.